The van der Waals surface area contributed by atoms with Crippen LogP contribution < -0.4 is 11.1 Å². The minimum absolute atomic E-state index is 0.0394. The molecule has 10 heteroatoms. The first kappa shape index (κ1) is 14.0. The summed E-state index contributed by atoms with van der Waals surface area (Å²) >= 11 is 2.70. The molecular formula is C12H13N5O3S2. The number of aliphatic carboxylic acids is 1. The predicted octanol–water partition coefficient (Wildman–Crippen LogP) is -0.246. The first-order valence-electron chi connectivity index (χ1n) is 6.82. The van der Waals surface area contributed by atoms with Gasteiger partial charge in [0.2, 0.25) is 11.0 Å². The van der Waals surface area contributed by atoms with Crippen LogP contribution in [0.25, 0.3) is 0 Å². The molecule has 1 amide bonds. The van der Waals surface area contributed by atoms with Crippen molar-refractivity contribution in [3.05, 3.63) is 11.3 Å². The number of hydrogen-bond donors (Lipinski definition) is 3. The predicted molar refractivity (Wildman–Crippen MR) is 80.2 cm³/mol. The minimum Gasteiger partial charge on any atom is -0.477 e. The normalized spacial score (nSPS) is 29.5. The summed E-state index contributed by atoms with van der Waals surface area (Å²) in [6, 6.07) is -0.268. The summed E-state index contributed by atoms with van der Waals surface area (Å²) in [5.41, 5.74) is 6.54. The monoisotopic (exact) mass is 339 g/mol. The van der Waals surface area contributed by atoms with E-state index in [1.807, 2.05) is 0 Å². The number of carboxylic acids is 1. The van der Waals surface area contributed by atoms with Crippen molar-refractivity contribution >= 4 is 40.1 Å². The molecule has 22 heavy (non-hydrogen) atoms. The number of hydrogen-bond acceptors (Lipinski definition) is 8. The largest absolute Gasteiger partial charge is 0.477 e. The maximum atomic E-state index is 12.1. The number of carbonyl (C=O) groups is 2. The third-order valence-corrected chi connectivity index (χ3v) is 6.28. The highest BCUT2D eigenvalue weighted by atomic mass is 32.2. The number of amides is 1. The Balaban J connectivity index is 1.63. The molecule has 0 spiro atoms. The van der Waals surface area contributed by atoms with E-state index in [1.54, 1.807) is 0 Å². The van der Waals surface area contributed by atoms with E-state index in [0.29, 0.717) is 15.2 Å². The van der Waals surface area contributed by atoms with E-state index in [0.717, 1.165) is 18.5 Å². The molecule has 3 aliphatic rings. The van der Waals surface area contributed by atoms with Gasteiger partial charge < -0.3 is 16.2 Å². The lowest BCUT2D eigenvalue weighted by atomic mass is 9.80. The summed E-state index contributed by atoms with van der Waals surface area (Å²) in [7, 11) is 0. The van der Waals surface area contributed by atoms with Crippen molar-refractivity contribution < 1.29 is 14.7 Å². The number of anilines is 1. The van der Waals surface area contributed by atoms with Gasteiger partial charge in [-0.2, -0.15) is 0 Å². The fraction of sp³-hybridized carbons (Fsp3) is 0.500. The summed E-state index contributed by atoms with van der Waals surface area (Å²) < 4.78 is 0.709. The summed E-state index contributed by atoms with van der Waals surface area (Å²) in [5.74, 6) is -0.554. The highest BCUT2D eigenvalue weighted by molar-refractivity contribution is 8.01. The Hall–Kier alpha value is -1.65. The van der Waals surface area contributed by atoms with Gasteiger partial charge in [-0.15, -0.1) is 10.2 Å². The Morgan fingerprint density at radius 1 is 1.55 bits per heavy atom. The third kappa shape index (κ3) is 1.87. The number of thioether (sulfide) groups is 1. The molecule has 2 fully saturated rings. The van der Waals surface area contributed by atoms with Gasteiger partial charge in [-0.25, -0.2) is 4.79 Å². The molecular weight excluding hydrogens is 326 g/mol. The van der Waals surface area contributed by atoms with Crippen LogP contribution in [0.3, 0.4) is 0 Å². The zero-order valence-electron chi connectivity index (χ0n) is 11.4. The van der Waals surface area contributed by atoms with Crippen molar-refractivity contribution in [3.63, 3.8) is 0 Å². The van der Waals surface area contributed by atoms with E-state index in [4.69, 9.17) is 5.73 Å². The van der Waals surface area contributed by atoms with E-state index in [1.165, 1.54) is 28.0 Å². The molecule has 3 aliphatic heterocycles. The summed E-state index contributed by atoms with van der Waals surface area (Å²) in [6.45, 7) is 0.734. The van der Waals surface area contributed by atoms with Crippen LogP contribution in [-0.2, 0) is 9.59 Å². The van der Waals surface area contributed by atoms with Crippen molar-refractivity contribution in [1.29, 1.82) is 0 Å². The van der Waals surface area contributed by atoms with Crippen LogP contribution in [0, 0.1) is 5.92 Å². The topological polar surface area (TPSA) is 121 Å². The molecule has 4 N–H and O–H groups in total. The lowest BCUT2D eigenvalue weighted by Gasteiger charge is -2.48. The van der Waals surface area contributed by atoms with Crippen LogP contribution in [-0.4, -0.2) is 56.5 Å². The van der Waals surface area contributed by atoms with Gasteiger partial charge in [-0.05, 0) is 18.5 Å². The van der Waals surface area contributed by atoms with E-state index in [9.17, 15) is 14.7 Å². The summed E-state index contributed by atoms with van der Waals surface area (Å²) in [4.78, 5) is 25.2. The number of β-lactam (4-membered cyclic amide) rings is 1. The number of nitrogens with one attached hydrogen (secondary N) is 1. The summed E-state index contributed by atoms with van der Waals surface area (Å²) in [6.07, 6.45) is 0.843. The number of rotatable bonds is 4. The van der Waals surface area contributed by atoms with Gasteiger partial charge in [-0.1, -0.05) is 23.1 Å². The molecule has 1 unspecified atom stereocenters. The number of carboxylic acid groups (broad SMARTS) is 1. The molecule has 0 bridgehead atoms. The SMILES string of the molecule is Nc1nnc(SCC2=C(C(=O)O)N3C(=O)[C@H]4NCCC2[C@H]43)s1. The molecule has 4 rings (SSSR count). The first-order valence-corrected chi connectivity index (χ1v) is 8.62. The van der Waals surface area contributed by atoms with Gasteiger partial charge >= 0.3 is 5.97 Å². The number of nitrogens with two attached hydrogens (primary N) is 1. The van der Waals surface area contributed by atoms with Gasteiger partial charge in [0.05, 0.1) is 6.04 Å². The third-order valence-electron chi connectivity index (χ3n) is 4.34. The highest BCUT2D eigenvalue weighted by Gasteiger charge is 2.60. The van der Waals surface area contributed by atoms with Crippen molar-refractivity contribution in [1.82, 2.24) is 20.4 Å². The fourth-order valence-corrected chi connectivity index (χ4v) is 5.24. The molecule has 0 radical (unpaired) electrons. The Morgan fingerprint density at radius 2 is 2.36 bits per heavy atom. The second-order valence-electron chi connectivity index (χ2n) is 5.40. The Bertz CT molecular complexity index is 703. The van der Waals surface area contributed by atoms with Crippen LogP contribution >= 0.6 is 23.1 Å². The van der Waals surface area contributed by atoms with E-state index in [-0.39, 0.29) is 29.6 Å². The molecule has 4 heterocycles. The van der Waals surface area contributed by atoms with E-state index in [2.05, 4.69) is 15.5 Å². The van der Waals surface area contributed by atoms with E-state index >= 15 is 0 Å². The molecule has 8 nitrogen and oxygen atoms in total. The fourth-order valence-electron chi connectivity index (χ4n) is 3.50. The highest BCUT2D eigenvalue weighted by Crippen LogP contribution is 2.47. The van der Waals surface area contributed by atoms with Gasteiger partial charge in [0, 0.05) is 11.7 Å². The quantitative estimate of drug-likeness (QED) is 0.507. The molecule has 1 aromatic rings. The van der Waals surface area contributed by atoms with Gasteiger partial charge in [0.25, 0.3) is 0 Å². The number of nitrogens with zero attached hydrogens (tertiary/aromatic N) is 3. The lowest BCUT2D eigenvalue weighted by Crippen LogP contribution is -2.71. The second-order valence-corrected chi connectivity index (χ2v) is 7.63. The lowest BCUT2D eigenvalue weighted by molar-refractivity contribution is -0.154. The first-order chi connectivity index (χ1) is 10.6. The van der Waals surface area contributed by atoms with Crippen LogP contribution in [0.5, 0.6) is 0 Å². The van der Waals surface area contributed by atoms with Crippen molar-refractivity contribution in [2.75, 3.05) is 18.0 Å². The summed E-state index contributed by atoms with van der Waals surface area (Å²) in [5, 5.41) is 20.8. The number of carbonyl (C=O) groups excluding carboxylic acids is 1. The second kappa shape index (κ2) is 4.93. The zero-order chi connectivity index (χ0) is 15.4. The number of piperidine rings is 1. The molecule has 1 aromatic heterocycles. The molecule has 0 aromatic carbocycles. The van der Waals surface area contributed by atoms with Crippen LogP contribution in [0.1, 0.15) is 6.42 Å². The molecule has 116 valence electrons. The Morgan fingerprint density at radius 3 is 3.05 bits per heavy atom. The number of aromatic nitrogens is 2. The molecule has 2 saturated heterocycles. The van der Waals surface area contributed by atoms with Crippen LogP contribution in [0.4, 0.5) is 5.13 Å². The molecule has 3 atom stereocenters. The van der Waals surface area contributed by atoms with Crippen molar-refractivity contribution in [3.8, 4) is 0 Å². The maximum absolute atomic E-state index is 12.1. The average molecular weight is 339 g/mol. The molecule has 0 saturated carbocycles. The zero-order valence-corrected chi connectivity index (χ0v) is 13.0. The van der Waals surface area contributed by atoms with Gasteiger partial charge in [-0.3, -0.25) is 9.69 Å². The van der Waals surface area contributed by atoms with Gasteiger partial charge in [0.1, 0.15) is 11.7 Å². The standard InChI is InChI=1S/C12H13N5O3S2/c13-11-15-16-12(22-11)21-3-5-4-1-2-14-6-7(4)17(9(6)18)8(5)10(19)20/h4,6-7,14H,1-3H2,(H2,13,15)(H,19,20)/t4?,6-,7+/m0/s1. The van der Waals surface area contributed by atoms with Crippen LogP contribution in [0.15, 0.2) is 15.6 Å². The van der Waals surface area contributed by atoms with E-state index < -0.39 is 5.97 Å². The van der Waals surface area contributed by atoms with Crippen molar-refractivity contribution in [2.45, 2.75) is 22.8 Å². The van der Waals surface area contributed by atoms with Crippen LogP contribution in [0.2, 0.25) is 0 Å². The Labute approximate surface area is 133 Å². The number of nitrogen functional groups attached to an aromatic ring is 1. The van der Waals surface area contributed by atoms with Gasteiger partial charge in [0.15, 0.2) is 4.34 Å². The smallest absolute Gasteiger partial charge is 0.352 e. The van der Waals surface area contributed by atoms with Crippen molar-refractivity contribution in [2.24, 2.45) is 5.92 Å². The molecule has 0 aliphatic carbocycles. The maximum Gasteiger partial charge on any atom is 0.352 e. The minimum atomic E-state index is -1.03. The average Bonchev–Trinajstić information content (AvgIpc) is 3.04. The Kier molecular flexibility index (Phi) is 3.13.